The molecule has 1 fully saturated rings. The third-order valence-electron chi connectivity index (χ3n) is 3.37. The van der Waals surface area contributed by atoms with Gasteiger partial charge in [-0.2, -0.15) is 0 Å². The van der Waals surface area contributed by atoms with Crippen molar-refractivity contribution in [3.05, 3.63) is 51.8 Å². The van der Waals surface area contributed by atoms with Gasteiger partial charge in [-0.3, -0.25) is 4.79 Å². The molecule has 0 radical (unpaired) electrons. The summed E-state index contributed by atoms with van der Waals surface area (Å²) in [6.07, 6.45) is 0. The second-order valence-electron chi connectivity index (χ2n) is 4.70. The first-order valence-electron chi connectivity index (χ1n) is 6.56. The van der Waals surface area contributed by atoms with Crippen molar-refractivity contribution in [2.75, 3.05) is 31.2 Å². The molecule has 4 nitrogen and oxygen atoms in total. The second-order valence-corrected chi connectivity index (χ2v) is 5.10. The van der Waals surface area contributed by atoms with Gasteiger partial charge in [-0.25, -0.2) is 0 Å². The van der Waals surface area contributed by atoms with Crippen molar-refractivity contribution in [3.63, 3.8) is 0 Å². The van der Waals surface area contributed by atoms with Gasteiger partial charge in [0.25, 0.3) is 0 Å². The SMILES string of the molecule is O=c1cc(N2CCOCC2)cc(-c2ccccc2Cl)[nH]1. The van der Waals surface area contributed by atoms with Crippen LogP contribution in [0.3, 0.4) is 0 Å². The summed E-state index contributed by atoms with van der Waals surface area (Å²) in [5.74, 6) is 0. The molecule has 0 unspecified atom stereocenters. The average molecular weight is 291 g/mol. The summed E-state index contributed by atoms with van der Waals surface area (Å²) in [5.41, 5.74) is 2.36. The van der Waals surface area contributed by atoms with Crippen molar-refractivity contribution in [1.29, 1.82) is 0 Å². The number of hydrogen-bond acceptors (Lipinski definition) is 3. The third-order valence-corrected chi connectivity index (χ3v) is 3.70. The van der Waals surface area contributed by atoms with Gasteiger partial charge in [-0.15, -0.1) is 0 Å². The fourth-order valence-electron chi connectivity index (χ4n) is 2.36. The largest absolute Gasteiger partial charge is 0.378 e. The van der Waals surface area contributed by atoms with Crippen LogP contribution in [0.2, 0.25) is 5.02 Å². The van der Waals surface area contributed by atoms with Crippen molar-refractivity contribution >= 4 is 17.3 Å². The molecule has 3 rings (SSSR count). The Morgan fingerprint density at radius 2 is 1.90 bits per heavy atom. The molecule has 2 aromatic rings. The lowest BCUT2D eigenvalue weighted by Crippen LogP contribution is -2.36. The zero-order valence-corrected chi connectivity index (χ0v) is 11.7. The molecule has 0 amide bonds. The van der Waals surface area contributed by atoms with Crippen LogP contribution in [0.15, 0.2) is 41.2 Å². The fourth-order valence-corrected chi connectivity index (χ4v) is 2.60. The van der Waals surface area contributed by atoms with Gasteiger partial charge >= 0.3 is 0 Å². The predicted octanol–water partition coefficient (Wildman–Crippen LogP) is 2.53. The summed E-state index contributed by atoms with van der Waals surface area (Å²) in [4.78, 5) is 16.9. The minimum Gasteiger partial charge on any atom is -0.378 e. The molecule has 0 saturated carbocycles. The van der Waals surface area contributed by atoms with Gasteiger partial charge in [-0.1, -0.05) is 29.8 Å². The monoisotopic (exact) mass is 290 g/mol. The number of ether oxygens (including phenoxy) is 1. The van der Waals surface area contributed by atoms with E-state index in [1.165, 1.54) is 0 Å². The number of benzene rings is 1. The summed E-state index contributed by atoms with van der Waals surface area (Å²) in [6, 6.07) is 11.1. The summed E-state index contributed by atoms with van der Waals surface area (Å²) in [6.45, 7) is 2.97. The first-order chi connectivity index (χ1) is 9.74. The summed E-state index contributed by atoms with van der Waals surface area (Å²) in [7, 11) is 0. The van der Waals surface area contributed by atoms with Gasteiger partial charge in [0.2, 0.25) is 5.56 Å². The number of nitrogens with zero attached hydrogens (tertiary/aromatic N) is 1. The van der Waals surface area contributed by atoms with E-state index in [4.69, 9.17) is 16.3 Å². The highest BCUT2D eigenvalue weighted by Gasteiger charge is 2.13. The van der Waals surface area contributed by atoms with Gasteiger partial charge in [0.05, 0.1) is 18.9 Å². The van der Waals surface area contributed by atoms with E-state index in [-0.39, 0.29) is 5.56 Å². The molecule has 0 bridgehead atoms. The van der Waals surface area contributed by atoms with Gasteiger partial charge in [0, 0.05) is 35.4 Å². The van der Waals surface area contributed by atoms with E-state index in [9.17, 15) is 4.79 Å². The zero-order valence-electron chi connectivity index (χ0n) is 10.9. The standard InChI is InChI=1S/C15H15ClN2O2/c16-13-4-2-1-3-12(13)14-9-11(10-15(19)17-14)18-5-7-20-8-6-18/h1-4,9-10H,5-8H2,(H,17,19). The molecule has 1 aromatic carbocycles. The number of nitrogens with one attached hydrogen (secondary N) is 1. The smallest absolute Gasteiger partial charge is 0.250 e. The van der Waals surface area contributed by atoms with Crippen LogP contribution in [0.1, 0.15) is 0 Å². The van der Waals surface area contributed by atoms with Crippen molar-refractivity contribution < 1.29 is 4.74 Å². The topological polar surface area (TPSA) is 45.3 Å². The lowest BCUT2D eigenvalue weighted by Gasteiger charge is -2.28. The number of rotatable bonds is 2. The number of morpholine rings is 1. The van der Waals surface area contributed by atoms with Crippen molar-refractivity contribution in [3.8, 4) is 11.3 Å². The highest BCUT2D eigenvalue weighted by atomic mass is 35.5. The Hall–Kier alpha value is -1.78. The number of halogens is 1. The van der Waals surface area contributed by atoms with Crippen LogP contribution in [0.25, 0.3) is 11.3 Å². The Bertz CT molecular complexity index is 663. The van der Waals surface area contributed by atoms with Crippen molar-refractivity contribution in [1.82, 2.24) is 4.98 Å². The first kappa shape index (κ1) is 13.2. The van der Waals surface area contributed by atoms with Gasteiger partial charge < -0.3 is 14.6 Å². The summed E-state index contributed by atoms with van der Waals surface area (Å²) >= 11 is 6.19. The highest BCUT2D eigenvalue weighted by Crippen LogP contribution is 2.27. The lowest BCUT2D eigenvalue weighted by atomic mass is 10.1. The van der Waals surface area contributed by atoms with Crippen LogP contribution in [0.4, 0.5) is 5.69 Å². The molecule has 104 valence electrons. The van der Waals surface area contributed by atoms with E-state index < -0.39 is 0 Å². The van der Waals surface area contributed by atoms with Crippen LogP contribution < -0.4 is 10.5 Å². The number of pyridine rings is 1. The van der Waals surface area contributed by atoms with Gasteiger partial charge in [0.15, 0.2) is 0 Å². The summed E-state index contributed by atoms with van der Waals surface area (Å²) < 4.78 is 5.34. The quantitative estimate of drug-likeness (QED) is 0.924. The fraction of sp³-hybridized carbons (Fsp3) is 0.267. The Balaban J connectivity index is 2.02. The summed E-state index contributed by atoms with van der Waals surface area (Å²) in [5, 5.41) is 0.627. The van der Waals surface area contributed by atoms with E-state index in [0.717, 1.165) is 30.0 Å². The Morgan fingerprint density at radius 1 is 1.15 bits per heavy atom. The number of aromatic nitrogens is 1. The Kier molecular flexibility index (Phi) is 3.76. The van der Waals surface area contributed by atoms with Crippen LogP contribution in [-0.2, 0) is 4.74 Å². The molecule has 5 heteroatoms. The molecule has 1 aliphatic rings. The number of hydrogen-bond donors (Lipinski definition) is 1. The molecule has 1 aromatic heterocycles. The Labute approximate surface area is 122 Å². The lowest BCUT2D eigenvalue weighted by molar-refractivity contribution is 0.122. The van der Waals surface area contributed by atoms with E-state index in [1.807, 2.05) is 30.3 Å². The number of aromatic amines is 1. The maximum atomic E-state index is 11.9. The molecule has 0 spiro atoms. The van der Waals surface area contributed by atoms with Crippen molar-refractivity contribution in [2.24, 2.45) is 0 Å². The molecule has 1 N–H and O–H groups in total. The molecule has 0 atom stereocenters. The van der Waals surface area contributed by atoms with Crippen LogP contribution in [0, 0.1) is 0 Å². The molecular formula is C15H15ClN2O2. The average Bonchev–Trinajstić information content (AvgIpc) is 2.48. The maximum Gasteiger partial charge on any atom is 0.250 e. The van der Waals surface area contributed by atoms with Crippen LogP contribution in [-0.4, -0.2) is 31.3 Å². The second kappa shape index (κ2) is 5.69. The molecule has 1 saturated heterocycles. The van der Waals surface area contributed by atoms with E-state index in [2.05, 4.69) is 9.88 Å². The molecule has 1 aliphatic heterocycles. The molecule has 0 aliphatic carbocycles. The normalized spacial score (nSPS) is 15.3. The zero-order chi connectivity index (χ0) is 13.9. The van der Waals surface area contributed by atoms with E-state index in [1.54, 1.807) is 6.07 Å². The highest BCUT2D eigenvalue weighted by molar-refractivity contribution is 6.33. The molecule has 2 heterocycles. The van der Waals surface area contributed by atoms with E-state index in [0.29, 0.717) is 18.2 Å². The van der Waals surface area contributed by atoms with E-state index >= 15 is 0 Å². The van der Waals surface area contributed by atoms with Crippen molar-refractivity contribution in [2.45, 2.75) is 0 Å². The predicted molar refractivity (Wildman–Crippen MR) is 80.5 cm³/mol. The molecule has 20 heavy (non-hydrogen) atoms. The first-order valence-corrected chi connectivity index (χ1v) is 6.94. The van der Waals surface area contributed by atoms with Gasteiger partial charge in [-0.05, 0) is 12.1 Å². The van der Waals surface area contributed by atoms with Crippen LogP contribution >= 0.6 is 11.6 Å². The van der Waals surface area contributed by atoms with Gasteiger partial charge in [0.1, 0.15) is 0 Å². The minimum absolute atomic E-state index is 0.121. The maximum absolute atomic E-state index is 11.9. The number of H-pyrrole nitrogens is 1. The Morgan fingerprint density at radius 3 is 2.65 bits per heavy atom. The molecular weight excluding hydrogens is 276 g/mol. The van der Waals surface area contributed by atoms with Crippen LogP contribution in [0.5, 0.6) is 0 Å². The minimum atomic E-state index is -0.121. The third kappa shape index (κ3) is 2.71. The number of anilines is 1.